The standard InChI is InChI=1S/C33H51N2O5/c1-5-7-8-9-10-11-12-13-14-15-16-19-24-39-32-25-30(21-22-31(32)38-4)40-27-33(37)35(28(3)36)26-29-20-17-18-23-34(29)6-2/h17-18,20-23,25H,5-16,19,24,26-27H2,1-4H3/q+1. The average Bonchev–Trinajstić information content (AvgIpc) is 2.97. The van der Waals surface area contributed by atoms with Crippen molar-refractivity contribution in [3.8, 4) is 17.2 Å². The minimum absolute atomic E-state index is 0.197. The molecule has 2 rings (SSSR count). The number of ether oxygens (including phenoxy) is 3. The van der Waals surface area contributed by atoms with Crippen molar-refractivity contribution in [2.75, 3.05) is 20.3 Å². The van der Waals surface area contributed by atoms with Gasteiger partial charge in [0.25, 0.3) is 5.91 Å². The zero-order valence-electron chi connectivity index (χ0n) is 25.3. The van der Waals surface area contributed by atoms with Crippen LogP contribution in [0.1, 0.15) is 104 Å². The molecule has 1 aromatic heterocycles. The van der Waals surface area contributed by atoms with Gasteiger partial charge in [0.1, 0.15) is 18.8 Å². The zero-order valence-corrected chi connectivity index (χ0v) is 25.3. The van der Waals surface area contributed by atoms with Crippen molar-refractivity contribution in [1.82, 2.24) is 4.90 Å². The SMILES string of the molecule is CCCCCCCCCCCCCCOc1cc(OCC(=O)N(Cc2cccc[n+]2CC)C(C)=O)ccc1OC. The molecule has 0 N–H and O–H groups in total. The minimum atomic E-state index is -0.395. The van der Waals surface area contributed by atoms with Gasteiger partial charge in [0.15, 0.2) is 24.3 Å². The molecule has 7 heteroatoms. The fourth-order valence-corrected chi connectivity index (χ4v) is 4.71. The van der Waals surface area contributed by atoms with Crippen LogP contribution in [0.3, 0.4) is 0 Å². The average molecular weight is 556 g/mol. The summed E-state index contributed by atoms with van der Waals surface area (Å²) in [6.07, 6.45) is 17.5. The van der Waals surface area contributed by atoms with E-state index in [1.165, 1.54) is 76.0 Å². The third kappa shape index (κ3) is 12.4. The number of hydrogen-bond acceptors (Lipinski definition) is 5. The maximum atomic E-state index is 12.9. The number of imide groups is 1. The van der Waals surface area contributed by atoms with Crippen LogP contribution in [-0.2, 0) is 22.7 Å². The molecule has 0 aliphatic rings. The summed E-state index contributed by atoms with van der Waals surface area (Å²) in [4.78, 5) is 26.4. The van der Waals surface area contributed by atoms with Gasteiger partial charge in [-0.25, -0.2) is 4.57 Å². The van der Waals surface area contributed by atoms with Gasteiger partial charge < -0.3 is 14.2 Å². The summed E-state index contributed by atoms with van der Waals surface area (Å²) >= 11 is 0. The number of aromatic nitrogens is 1. The van der Waals surface area contributed by atoms with Gasteiger partial charge in [-0.1, -0.05) is 83.6 Å². The maximum Gasteiger partial charge on any atom is 0.267 e. The van der Waals surface area contributed by atoms with Crippen molar-refractivity contribution in [1.29, 1.82) is 0 Å². The smallest absolute Gasteiger partial charge is 0.267 e. The van der Waals surface area contributed by atoms with Gasteiger partial charge in [0.05, 0.1) is 13.7 Å². The first-order valence-electron chi connectivity index (χ1n) is 15.2. The molecule has 0 spiro atoms. The third-order valence-electron chi connectivity index (χ3n) is 7.13. The van der Waals surface area contributed by atoms with E-state index < -0.39 is 5.91 Å². The van der Waals surface area contributed by atoms with Crippen LogP contribution in [0.5, 0.6) is 17.2 Å². The van der Waals surface area contributed by atoms with Gasteiger partial charge in [0.2, 0.25) is 11.6 Å². The Morgan fingerprint density at radius 3 is 2.05 bits per heavy atom. The van der Waals surface area contributed by atoms with E-state index in [4.69, 9.17) is 14.2 Å². The van der Waals surface area contributed by atoms with Gasteiger partial charge in [-0.05, 0) is 25.5 Å². The van der Waals surface area contributed by atoms with Crippen LogP contribution >= 0.6 is 0 Å². The molecule has 0 saturated heterocycles. The van der Waals surface area contributed by atoms with Crippen LogP contribution in [0.4, 0.5) is 0 Å². The summed E-state index contributed by atoms with van der Waals surface area (Å²) in [6, 6.07) is 11.0. The van der Waals surface area contributed by atoms with E-state index in [2.05, 4.69) is 6.92 Å². The zero-order chi connectivity index (χ0) is 29.0. The highest BCUT2D eigenvalue weighted by molar-refractivity contribution is 5.94. The molecular formula is C33H51N2O5+. The van der Waals surface area contributed by atoms with Gasteiger partial charge in [-0.15, -0.1) is 0 Å². The number of carbonyl (C=O) groups excluding carboxylic acids is 2. The van der Waals surface area contributed by atoms with E-state index >= 15 is 0 Å². The number of amides is 2. The lowest BCUT2D eigenvalue weighted by Crippen LogP contribution is -2.44. The number of benzene rings is 1. The van der Waals surface area contributed by atoms with E-state index in [9.17, 15) is 9.59 Å². The van der Waals surface area contributed by atoms with Crippen molar-refractivity contribution in [2.24, 2.45) is 0 Å². The summed E-state index contributed by atoms with van der Waals surface area (Å²) in [5.41, 5.74) is 0.881. The third-order valence-corrected chi connectivity index (χ3v) is 7.13. The Morgan fingerprint density at radius 1 is 0.800 bits per heavy atom. The Morgan fingerprint density at radius 2 is 1.45 bits per heavy atom. The summed E-state index contributed by atoms with van der Waals surface area (Å²) in [7, 11) is 1.60. The van der Waals surface area contributed by atoms with Crippen LogP contribution in [0.25, 0.3) is 0 Å². The van der Waals surface area contributed by atoms with Crippen molar-refractivity contribution in [3.05, 3.63) is 48.3 Å². The van der Waals surface area contributed by atoms with E-state index in [-0.39, 0.29) is 19.1 Å². The van der Waals surface area contributed by atoms with E-state index in [1.807, 2.05) is 35.9 Å². The van der Waals surface area contributed by atoms with Crippen molar-refractivity contribution in [3.63, 3.8) is 0 Å². The number of aryl methyl sites for hydroxylation is 1. The van der Waals surface area contributed by atoms with E-state index in [0.29, 0.717) is 23.9 Å². The van der Waals surface area contributed by atoms with Crippen molar-refractivity contribution >= 4 is 11.8 Å². The van der Waals surface area contributed by atoms with Gasteiger partial charge >= 0.3 is 0 Å². The molecule has 1 heterocycles. The van der Waals surface area contributed by atoms with Crippen LogP contribution in [0.2, 0.25) is 0 Å². The lowest BCUT2D eigenvalue weighted by molar-refractivity contribution is -0.701. The molecule has 7 nitrogen and oxygen atoms in total. The highest BCUT2D eigenvalue weighted by Gasteiger charge is 2.23. The van der Waals surface area contributed by atoms with Gasteiger partial charge in [-0.2, -0.15) is 0 Å². The highest BCUT2D eigenvalue weighted by atomic mass is 16.5. The molecular weight excluding hydrogens is 504 g/mol. The van der Waals surface area contributed by atoms with Gasteiger partial charge in [0, 0.05) is 25.1 Å². The summed E-state index contributed by atoms with van der Waals surface area (Å²) in [5, 5.41) is 0. The fourth-order valence-electron chi connectivity index (χ4n) is 4.71. The van der Waals surface area contributed by atoms with Crippen molar-refractivity contribution in [2.45, 2.75) is 111 Å². The lowest BCUT2D eigenvalue weighted by atomic mass is 10.1. The Bertz CT molecular complexity index is 1010. The minimum Gasteiger partial charge on any atom is -0.493 e. The van der Waals surface area contributed by atoms with Crippen LogP contribution in [0, 0.1) is 0 Å². The molecule has 0 fully saturated rings. The molecule has 0 aliphatic heterocycles. The lowest BCUT2D eigenvalue weighted by Gasteiger charge is -2.19. The second-order valence-corrected chi connectivity index (χ2v) is 10.3. The Labute approximate surface area is 241 Å². The number of unbranched alkanes of at least 4 members (excludes halogenated alkanes) is 11. The Hall–Kier alpha value is -3.09. The molecule has 40 heavy (non-hydrogen) atoms. The first-order chi connectivity index (χ1) is 19.5. The second kappa shape index (κ2) is 19.9. The van der Waals surface area contributed by atoms with Crippen LogP contribution < -0.4 is 18.8 Å². The van der Waals surface area contributed by atoms with Crippen molar-refractivity contribution < 1.29 is 28.4 Å². The molecule has 0 atom stereocenters. The van der Waals surface area contributed by atoms with Crippen LogP contribution in [0.15, 0.2) is 42.6 Å². The molecule has 2 aromatic rings. The van der Waals surface area contributed by atoms with Crippen LogP contribution in [-0.4, -0.2) is 37.0 Å². The first-order valence-corrected chi connectivity index (χ1v) is 15.2. The quantitative estimate of drug-likeness (QED) is 0.122. The predicted molar refractivity (Wildman–Crippen MR) is 159 cm³/mol. The molecule has 1 aromatic carbocycles. The molecule has 0 aliphatic carbocycles. The number of hydrogen-bond donors (Lipinski definition) is 0. The fraction of sp³-hybridized carbons (Fsp3) is 0.606. The molecule has 0 bridgehead atoms. The largest absolute Gasteiger partial charge is 0.493 e. The summed E-state index contributed by atoms with van der Waals surface area (Å²) < 4.78 is 19.2. The normalized spacial score (nSPS) is 10.8. The summed E-state index contributed by atoms with van der Waals surface area (Å²) in [5.74, 6) is 0.990. The molecule has 0 radical (unpaired) electrons. The monoisotopic (exact) mass is 555 g/mol. The molecule has 0 unspecified atom stereocenters. The Kier molecular flexibility index (Phi) is 16.5. The number of methoxy groups -OCH3 is 1. The predicted octanol–water partition coefficient (Wildman–Crippen LogP) is 7.04. The molecule has 222 valence electrons. The van der Waals surface area contributed by atoms with E-state index in [1.54, 1.807) is 25.3 Å². The second-order valence-electron chi connectivity index (χ2n) is 10.3. The number of rotatable bonds is 21. The topological polar surface area (TPSA) is 69.0 Å². The summed E-state index contributed by atoms with van der Waals surface area (Å²) in [6.45, 7) is 6.98. The maximum absolute atomic E-state index is 12.9. The molecule has 2 amide bonds. The van der Waals surface area contributed by atoms with Gasteiger partial charge in [-0.3, -0.25) is 14.5 Å². The first kappa shape index (κ1) is 33.1. The van der Waals surface area contributed by atoms with E-state index in [0.717, 1.165) is 25.1 Å². The number of pyridine rings is 1. The number of carbonyl (C=O) groups is 2. The highest BCUT2D eigenvalue weighted by Crippen LogP contribution is 2.31. The molecule has 0 saturated carbocycles. The number of nitrogens with zero attached hydrogens (tertiary/aromatic N) is 2. The Balaban J connectivity index is 1.75.